The number of hydrogen-bond acceptors (Lipinski definition) is 2. The van der Waals surface area contributed by atoms with Crippen molar-refractivity contribution in [3.05, 3.63) is 0 Å². The Balaban J connectivity index is -0.000000166. The zero-order valence-electron chi connectivity index (χ0n) is 12.4. The summed E-state index contributed by atoms with van der Waals surface area (Å²) in [4.78, 5) is 4.56. The summed E-state index contributed by atoms with van der Waals surface area (Å²) in [5.41, 5.74) is 0. The van der Waals surface area contributed by atoms with Crippen molar-refractivity contribution in [3.8, 4) is 0 Å². The maximum absolute atomic E-state index is 2.38. The Morgan fingerprint density at radius 1 is 0.733 bits per heavy atom. The highest BCUT2D eigenvalue weighted by molar-refractivity contribution is 4.43. The highest BCUT2D eigenvalue weighted by Gasteiger charge is 1.89. The van der Waals surface area contributed by atoms with Gasteiger partial charge in [-0.15, -0.1) is 0 Å². The molecule has 0 heterocycles. The van der Waals surface area contributed by atoms with E-state index < -0.39 is 0 Å². The summed E-state index contributed by atoms with van der Waals surface area (Å²) in [5.74, 6) is 0. The molecule has 0 unspecified atom stereocenters. The summed E-state index contributed by atoms with van der Waals surface area (Å²) in [5, 5.41) is 0. The van der Waals surface area contributed by atoms with E-state index in [1.54, 1.807) is 0 Å². The monoisotopic (exact) mass is 218 g/mol. The first-order chi connectivity index (χ1) is 7.12. The molecule has 0 fully saturated rings. The lowest BCUT2D eigenvalue weighted by molar-refractivity contribution is 0.321. The molecule has 0 atom stereocenters. The van der Waals surface area contributed by atoms with Crippen molar-refractivity contribution in [2.45, 2.75) is 48.0 Å². The SMILES string of the molecule is CC.CCCN(C)C.CCN(CC)CC. The maximum atomic E-state index is 2.38. The maximum Gasteiger partial charge on any atom is -0.00275 e. The van der Waals surface area contributed by atoms with Gasteiger partial charge in [-0.1, -0.05) is 41.5 Å². The number of hydrogen-bond donors (Lipinski definition) is 0. The van der Waals surface area contributed by atoms with Gasteiger partial charge in [0, 0.05) is 0 Å². The largest absolute Gasteiger partial charge is 0.309 e. The van der Waals surface area contributed by atoms with Crippen LogP contribution in [0.15, 0.2) is 0 Å². The molecule has 0 saturated carbocycles. The van der Waals surface area contributed by atoms with Crippen LogP contribution in [0.1, 0.15) is 48.0 Å². The van der Waals surface area contributed by atoms with E-state index >= 15 is 0 Å². The van der Waals surface area contributed by atoms with Gasteiger partial charge in [0.05, 0.1) is 0 Å². The molecule has 0 aliphatic carbocycles. The Bertz CT molecular complexity index is 73.1. The quantitative estimate of drug-likeness (QED) is 0.698. The Morgan fingerprint density at radius 3 is 1.07 bits per heavy atom. The van der Waals surface area contributed by atoms with E-state index in [1.807, 2.05) is 13.8 Å². The molecule has 15 heavy (non-hydrogen) atoms. The van der Waals surface area contributed by atoms with Crippen LogP contribution in [0.25, 0.3) is 0 Å². The zero-order valence-corrected chi connectivity index (χ0v) is 12.4. The molecule has 2 heteroatoms. The molecule has 0 spiro atoms. The van der Waals surface area contributed by atoms with Gasteiger partial charge in [0.2, 0.25) is 0 Å². The molecule has 0 aromatic heterocycles. The van der Waals surface area contributed by atoms with Gasteiger partial charge in [0.15, 0.2) is 0 Å². The molecule has 0 rings (SSSR count). The van der Waals surface area contributed by atoms with Gasteiger partial charge in [-0.25, -0.2) is 0 Å². The molecule has 0 aromatic rings. The molecule has 0 N–H and O–H groups in total. The Morgan fingerprint density at radius 2 is 1.07 bits per heavy atom. The highest BCUT2D eigenvalue weighted by Crippen LogP contribution is 1.81. The fourth-order valence-electron chi connectivity index (χ4n) is 1.12. The van der Waals surface area contributed by atoms with Gasteiger partial charge in [0.25, 0.3) is 0 Å². The fourth-order valence-corrected chi connectivity index (χ4v) is 1.12. The van der Waals surface area contributed by atoms with Crippen LogP contribution in [-0.4, -0.2) is 50.1 Å². The lowest BCUT2D eigenvalue weighted by atomic mass is 10.5. The summed E-state index contributed by atoms with van der Waals surface area (Å²) in [7, 11) is 4.17. The van der Waals surface area contributed by atoms with Gasteiger partial charge in [-0.05, 0) is 46.7 Å². The van der Waals surface area contributed by atoms with Crippen LogP contribution in [0.3, 0.4) is 0 Å². The first-order valence-electron chi connectivity index (χ1n) is 6.49. The van der Waals surface area contributed by atoms with Crippen molar-refractivity contribution in [1.29, 1.82) is 0 Å². The Kier molecular flexibility index (Phi) is 26.4. The second-order valence-electron chi connectivity index (χ2n) is 3.42. The summed E-state index contributed by atoms with van der Waals surface area (Å²) >= 11 is 0. The second-order valence-corrected chi connectivity index (χ2v) is 3.42. The lowest BCUT2D eigenvalue weighted by Gasteiger charge is -2.13. The van der Waals surface area contributed by atoms with Gasteiger partial charge in [-0.2, -0.15) is 0 Å². The summed E-state index contributed by atoms with van der Waals surface area (Å²) < 4.78 is 0. The average Bonchev–Trinajstić information content (AvgIpc) is 2.24. The van der Waals surface area contributed by atoms with E-state index in [1.165, 1.54) is 32.6 Å². The zero-order chi connectivity index (χ0) is 12.7. The first kappa shape index (κ1) is 20.3. The van der Waals surface area contributed by atoms with Crippen molar-refractivity contribution >= 4 is 0 Å². The first-order valence-corrected chi connectivity index (χ1v) is 6.49. The molecule has 2 nitrogen and oxygen atoms in total. The number of nitrogens with zero attached hydrogens (tertiary/aromatic N) is 2. The van der Waals surface area contributed by atoms with Crippen molar-refractivity contribution in [2.24, 2.45) is 0 Å². The predicted molar refractivity (Wildman–Crippen MR) is 73.7 cm³/mol. The minimum Gasteiger partial charge on any atom is -0.309 e. The van der Waals surface area contributed by atoms with Gasteiger partial charge < -0.3 is 9.80 Å². The molecule has 0 aromatic carbocycles. The van der Waals surface area contributed by atoms with E-state index in [4.69, 9.17) is 0 Å². The van der Waals surface area contributed by atoms with Crippen molar-refractivity contribution < 1.29 is 0 Å². The molecule has 0 bridgehead atoms. The molecule has 96 valence electrons. The Labute approximate surface area is 98.6 Å². The lowest BCUT2D eigenvalue weighted by Crippen LogP contribution is -2.21. The second kappa shape index (κ2) is 19.5. The van der Waals surface area contributed by atoms with Gasteiger partial charge in [0.1, 0.15) is 0 Å². The standard InChI is InChI=1S/C6H15N.C5H13N.C2H6/c1-4-7(5-2)6-3;1-4-5-6(2)3;1-2/h4-6H2,1-3H3;4-5H2,1-3H3;1-2H3. The van der Waals surface area contributed by atoms with Crippen LogP contribution in [0.5, 0.6) is 0 Å². The fraction of sp³-hybridized carbons (Fsp3) is 1.00. The number of rotatable bonds is 5. The van der Waals surface area contributed by atoms with Crippen molar-refractivity contribution in [3.63, 3.8) is 0 Å². The van der Waals surface area contributed by atoms with Crippen LogP contribution in [0.2, 0.25) is 0 Å². The summed E-state index contributed by atoms with van der Waals surface area (Å²) in [6.45, 7) is 17.5. The van der Waals surface area contributed by atoms with Crippen LogP contribution >= 0.6 is 0 Å². The summed E-state index contributed by atoms with van der Waals surface area (Å²) in [6.07, 6.45) is 1.26. The van der Waals surface area contributed by atoms with E-state index in [0.29, 0.717) is 0 Å². The molecule has 0 saturated heterocycles. The minimum absolute atomic E-state index is 1.19. The average molecular weight is 218 g/mol. The van der Waals surface area contributed by atoms with E-state index in [-0.39, 0.29) is 0 Å². The van der Waals surface area contributed by atoms with E-state index in [0.717, 1.165) is 0 Å². The van der Waals surface area contributed by atoms with E-state index in [2.05, 4.69) is 51.6 Å². The molecule has 0 amide bonds. The third kappa shape index (κ3) is 24.9. The molecular weight excluding hydrogens is 184 g/mol. The third-order valence-corrected chi connectivity index (χ3v) is 2.01. The smallest absolute Gasteiger partial charge is 0.00275 e. The Hall–Kier alpha value is -0.0800. The normalized spacial score (nSPS) is 9.20. The molecular formula is C13H34N2. The van der Waals surface area contributed by atoms with Crippen molar-refractivity contribution in [2.75, 3.05) is 40.3 Å². The minimum atomic E-state index is 1.19. The van der Waals surface area contributed by atoms with Crippen LogP contribution in [0, 0.1) is 0 Å². The highest BCUT2D eigenvalue weighted by atomic mass is 15.1. The van der Waals surface area contributed by atoms with Crippen LogP contribution in [0.4, 0.5) is 0 Å². The van der Waals surface area contributed by atoms with E-state index in [9.17, 15) is 0 Å². The van der Waals surface area contributed by atoms with Gasteiger partial charge in [-0.3, -0.25) is 0 Å². The van der Waals surface area contributed by atoms with Crippen molar-refractivity contribution in [1.82, 2.24) is 9.80 Å². The molecule has 0 aliphatic rings. The molecule has 0 aliphatic heterocycles. The molecule has 0 radical (unpaired) electrons. The summed E-state index contributed by atoms with van der Waals surface area (Å²) in [6, 6.07) is 0. The van der Waals surface area contributed by atoms with Crippen LogP contribution in [-0.2, 0) is 0 Å². The van der Waals surface area contributed by atoms with Crippen LogP contribution < -0.4 is 0 Å². The van der Waals surface area contributed by atoms with Gasteiger partial charge >= 0.3 is 0 Å². The predicted octanol–water partition coefficient (Wildman–Crippen LogP) is 3.33. The topological polar surface area (TPSA) is 6.48 Å². The third-order valence-electron chi connectivity index (χ3n) is 2.01.